The summed E-state index contributed by atoms with van der Waals surface area (Å²) in [6.45, 7) is 6.65. The fraction of sp³-hybridized carbons (Fsp3) is 0.867. The predicted octanol–water partition coefficient (Wildman–Crippen LogP) is 0.596. The van der Waals surface area contributed by atoms with Gasteiger partial charge in [-0.25, -0.2) is 13.2 Å². The molecule has 1 saturated heterocycles. The van der Waals surface area contributed by atoms with Crippen LogP contribution < -0.4 is 10.6 Å². The van der Waals surface area contributed by atoms with Crippen molar-refractivity contribution in [1.82, 2.24) is 15.5 Å². The van der Waals surface area contributed by atoms with Crippen LogP contribution >= 0.6 is 0 Å². The van der Waals surface area contributed by atoms with E-state index in [0.717, 1.165) is 12.8 Å². The number of nitrogens with one attached hydrogen (secondary N) is 2. The van der Waals surface area contributed by atoms with Crippen LogP contribution in [0.5, 0.6) is 0 Å². The van der Waals surface area contributed by atoms with Gasteiger partial charge in [-0.1, -0.05) is 0 Å². The van der Waals surface area contributed by atoms with E-state index in [0.29, 0.717) is 25.6 Å². The minimum atomic E-state index is -3.16. The lowest BCUT2D eigenvalue weighted by Crippen LogP contribution is -2.50. The van der Waals surface area contributed by atoms with E-state index in [-0.39, 0.29) is 17.9 Å². The molecule has 1 aliphatic rings. The van der Waals surface area contributed by atoms with Crippen molar-refractivity contribution in [3.05, 3.63) is 0 Å². The van der Waals surface area contributed by atoms with Crippen molar-refractivity contribution in [2.24, 2.45) is 4.99 Å². The number of nitrogens with zero attached hydrogens (tertiary/aromatic N) is 2. The van der Waals surface area contributed by atoms with Gasteiger partial charge in [-0.2, -0.15) is 0 Å². The van der Waals surface area contributed by atoms with Crippen molar-refractivity contribution < 1.29 is 17.9 Å². The van der Waals surface area contributed by atoms with Gasteiger partial charge < -0.3 is 20.3 Å². The third kappa shape index (κ3) is 5.85. The summed E-state index contributed by atoms with van der Waals surface area (Å²) >= 11 is 0. The molecule has 24 heavy (non-hydrogen) atoms. The Morgan fingerprint density at radius 1 is 1.29 bits per heavy atom. The topological polar surface area (TPSA) is 100 Å². The second kappa shape index (κ2) is 8.55. The van der Waals surface area contributed by atoms with Gasteiger partial charge in [-0.3, -0.25) is 4.99 Å². The summed E-state index contributed by atoms with van der Waals surface area (Å²) in [5.74, 6) is 0.633. The SMILES string of the molecule is CN=C(NCCS(=O)(=O)C(C)(C)C)NC1CCN(C(=O)OC)CC1. The molecular formula is C15H30N4O4S. The highest BCUT2D eigenvalue weighted by Crippen LogP contribution is 2.15. The molecule has 1 rings (SSSR count). The lowest BCUT2D eigenvalue weighted by atomic mass is 10.1. The van der Waals surface area contributed by atoms with Crippen molar-refractivity contribution in [3.63, 3.8) is 0 Å². The number of hydrogen-bond acceptors (Lipinski definition) is 5. The van der Waals surface area contributed by atoms with Gasteiger partial charge in [0, 0.05) is 32.7 Å². The first-order valence-corrected chi connectivity index (χ1v) is 9.78. The number of amides is 1. The summed E-state index contributed by atoms with van der Waals surface area (Å²) in [5, 5.41) is 6.32. The van der Waals surface area contributed by atoms with E-state index < -0.39 is 14.6 Å². The molecular weight excluding hydrogens is 332 g/mol. The van der Waals surface area contributed by atoms with Gasteiger partial charge in [0.2, 0.25) is 0 Å². The Morgan fingerprint density at radius 2 is 1.88 bits per heavy atom. The molecule has 8 nitrogen and oxygen atoms in total. The zero-order valence-corrected chi connectivity index (χ0v) is 16.1. The van der Waals surface area contributed by atoms with Crippen LogP contribution in [0.25, 0.3) is 0 Å². The molecule has 0 aromatic heterocycles. The first kappa shape index (κ1) is 20.5. The average Bonchev–Trinajstić information content (AvgIpc) is 2.52. The number of methoxy groups -OCH3 is 1. The van der Waals surface area contributed by atoms with E-state index in [2.05, 4.69) is 15.6 Å². The zero-order valence-electron chi connectivity index (χ0n) is 15.3. The highest BCUT2D eigenvalue weighted by atomic mass is 32.2. The molecule has 0 aromatic rings. The molecule has 140 valence electrons. The van der Waals surface area contributed by atoms with E-state index in [1.807, 2.05) is 0 Å². The Balaban J connectivity index is 2.41. The second-order valence-electron chi connectivity index (χ2n) is 6.81. The smallest absolute Gasteiger partial charge is 0.409 e. The van der Waals surface area contributed by atoms with Gasteiger partial charge >= 0.3 is 6.09 Å². The van der Waals surface area contributed by atoms with Crippen molar-refractivity contribution >= 4 is 21.9 Å². The number of rotatable bonds is 4. The molecule has 0 radical (unpaired) electrons. The number of ether oxygens (including phenoxy) is 1. The van der Waals surface area contributed by atoms with E-state index >= 15 is 0 Å². The number of aliphatic imine (C=N–C) groups is 1. The Bertz CT molecular complexity index is 546. The zero-order chi connectivity index (χ0) is 18.4. The monoisotopic (exact) mass is 362 g/mol. The summed E-state index contributed by atoms with van der Waals surface area (Å²) < 4.78 is 28.1. The summed E-state index contributed by atoms with van der Waals surface area (Å²) in [6, 6.07) is 0.191. The van der Waals surface area contributed by atoms with Crippen LogP contribution in [0.1, 0.15) is 33.6 Å². The van der Waals surface area contributed by atoms with Gasteiger partial charge in [-0.05, 0) is 33.6 Å². The summed E-state index contributed by atoms with van der Waals surface area (Å²) in [4.78, 5) is 17.3. The molecule has 0 spiro atoms. The molecule has 0 unspecified atom stereocenters. The Kier molecular flexibility index (Phi) is 7.31. The average molecular weight is 362 g/mol. The van der Waals surface area contributed by atoms with Gasteiger partial charge in [0.25, 0.3) is 0 Å². The largest absolute Gasteiger partial charge is 0.453 e. The van der Waals surface area contributed by atoms with Crippen LogP contribution in [-0.2, 0) is 14.6 Å². The Morgan fingerprint density at radius 3 is 2.33 bits per heavy atom. The van der Waals surface area contributed by atoms with Crippen LogP contribution in [0.15, 0.2) is 4.99 Å². The Hall–Kier alpha value is -1.51. The lowest BCUT2D eigenvalue weighted by Gasteiger charge is -2.32. The summed E-state index contributed by atoms with van der Waals surface area (Å²) in [6.07, 6.45) is 1.27. The molecule has 0 aromatic carbocycles. The number of sulfone groups is 1. The molecule has 1 amide bonds. The van der Waals surface area contributed by atoms with Gasteiger partial charge in [0.15, 0.2) is 15.8 Å². The number of carbonyl (C=O) groups excluding carboxylic acids is 1. The fourth-order valence-corrected chi connectivity index (χ4v) is 3.32. The maximum Gasteiger partial charge on any atom is 0.409 e. The van der Waals surface area contributed by atoms with Crippen LogP contribution in [0, 0.1) is 0 Å². The number of likely N-dealkylation sites (tertiary alicyclic amines) is 1. The van der Waals surface area contributed by atoms with Crippen LogP contribution in [0.2, 0.25) is 0 Å². The predicted molar refractivity (Wildman–Crippen MR) is 95.0 cm³/mol. The quantitative estimate of drug-likeness (QED) is 0.561. The summed E-state index contributed by atoms with van der Waals surface area (Å²) in [7, 11) is -0.129. The molecule has 1 heterocycles. The molecule has 0 atom stereocenters. The van der Waals surface area contributed by atoms with Crippen molar-refractivity contribution in [1.29, 1.82) is 0 Å². The first-order chi connectivity index (χ1) is 11.1. The number of guanidine groups is 1. The molecule has 0 bridgehead atoms. The van der Waals surface area contributed by atoms with Crippen LogP contribution in [0.4, 0.5) is 4.79 Å². The molecule has 0 saturated carbocycles. The molecule has 0 aliphatic carbocycles. The van der Waals surface area contributed by atoms with Crippen LogP contribution in [0.3, 0.4) is 0 Å². The molecule has 9 heteroatoms. The highest BCUT2D eigenvalue weighted by molar-refractivity contribution is 7.92. The maximum absolute atomic E-state index is 12.1. The molecule has 1 aliphatic heterocycles. The standard InChI is InChI=1S/C15H30N4O4S/c1-15(2,3)24(21,22)11-8-17-13(16-4)18-12-6-9-19(10-7-12)14(20)23-5/h12H,6-11H2,1-5H3,(H2,16,17,18). The minimum Gasteiger partial charge on any atom is -0.453 e. The highest BCUT2D eigenvalue weighted by Gasteiger charge is 2.28. The lowest BCUT2D eigenvalue weighted by molar-refractivity contribution is 0.111. The second-order valence-corrected chi connectivity index (χ2v) is 9.67. The van der Waals surface area contributed by atoms with E-state index in [1.165, 1.54) is 7.11 Å². The van der Waals surface area contributed by atoms with Crippen LogP contribution in [-0.4, -0.2) is 75.7 Å². The van der Waals surface area contributed by atoms with Crippen molar-refractivity contribution in [2.75, 3.05) is 39.5 Å². The van der Waals surface area contributed by atoms with E-state index in [4.69, 9.17) is 4.74 Å². The van der Waals surface area contributed by atoms with Gasteiger partial charge in [0.05, 0.1) is 17.6 Å². The van der Waals surface area contributed by atoms with Gasteiger partial charge in [0.1, 0.15) is 0 Å². The van der Waals surface area contributed by atoms with Crippen molar-refractivity contribution in [2.45, 2.75) is 44.4 Å². The van der Waals surface area contributed by atoms with E-state index in [1.54, 1.807) is 32.7 Å². The number of piperidine rings is 1. The first-order valence-electron chi connectivity index (χ1n) is 8.13. The fourth-order valence-electron chi connectivity index (χ4n) is 2.33. The third-order valence-electron chi connectivity index (χ3n) is 4.09. The summed E-state index contributed by atoms with van der Waals surface area (Å²) in [5.41, 5.74) is 0. The maximum atomic E-state index is 12.1. The third-order valence-corrected chi connectivity index (χ3v) is 6.70. The van der Waals surface area contributed by atoms with Crippen molar-refractivity contribution in [3.8, 4) is 0 Å². The minimum absolute atomic E-state index is 0.0536. The number of carbonyl (C=O) groups is 1. The normalized spacial score (nSPS) is 17.5. The number of hydrogen-bond donors (Lipinski definition) is 2. The molecule has 1 fully saturated rings. The molecule has 2 N–H and O–H groups in total. The van der Waals surface area contributed by atoms with Gasteiger partial charge in [-0.15, -0.1) is 0 Å². The van der Waals surface area contributed by atoms with E-state index in [9.17, 15) is 13.2 Å². The Labute approximate surface area is 144 Å².